The summed E-state index contributed by atoms with van der Waals surface area (Å²) in [6.45, 7) is 4.57. The number of rotatable bonds is 7. The van der Waals surface area contributed by atoms with E-state index >= 15 is 0 Å². The summed E-state index contributed by atoms with van der Waals surface area (Å²) >= 11 is 0. The van der Waals surface area contributed by atoms with Gasteiger partial charge in [-0.3, -0.25) is 4.98 Å². The van der Waals surface area contributed by atoms with Gasteiger partial charge in [-0.15, -0.1) is 0 Å². The van der Waals surface area contributed by atoms with E-state index in [4.69, 9.17) is 4.74 Å². The predicted molar refractivity (Wildman–Crippen MR) is 77.0 cm³/mol. The van der Waals surface area contributed by atoms with Crippen LogP contribution in [0, 0.1) is 0 Å². The minimum atomic E-state index is 0.776. The van der Waals surface area contributed by atoms with Crippen LogP contribution in [-0.4, -0.2) is 11.6 Å². The molecule has 100 valence electrons. The van der Waals surface area contributed by atoms with E-state index in [2.05, 4.69) is 35.4 Å². The average molecular weight is 256 g/mol. The fraction of sp³-hybridized carbons (Fsp3) is 0.312. The van der Waals surface area contributed by atoms with Crippen LogP contribution in [0.1, 0.15) is 24.5 Å². The molecule has 0 bridgehead atoms. The molecule has 0 aliphatic rings. The lowest BCUT2D eigenvalue weighted by Gasteiger charge is -2.07. The van der Waals surface area contributed by atoms with Gasteiger partial charge in [-0.1, -0.05) is 25.1 Å². The summed E-state index contributed by atoms with van der Waals surface area (Å²) in [5, 5.41) is 3.40. The highest BCUT2D eigenvalue weighted by Crippen LogP contribution is 2.12. The molecule has 19 heavy (non-hydrogen) atoms. The van der Waals surface area contributed by atoms with Gasteiger partial charge in [0, 0.05) is 25.5 Å². The van der Waals surface area contributed by atoms with Crippen LogP contribution in [-0.2, 0) is 13.1 Å². The third-order valence-corrected chi connectivity index (χ3v) is 2.78. The van der Waals surface area contributed by atoms with Crippen LogP contribution < -0.4 is 10.1 Å². The number of pyridine rings is 1. The van der Waals surface area contributed by atoms with Gasteiger partial charge in [0.15, 0.2) is 0 Å². The summed E-state index contributed by atoms with van der Waals surface area (Å²) in [5.41, 5.74) is 2.46. The number of hydrogen-bond donors (Lipinski definition) is 1. The van der Waals surface area contributed by atoms with Crippen LogP contribution in [0.15, 0.2) is 48.8 Å². The van der Waals surface area contributed by atoms with Gasteiger partial charge in [0.1, 0.15) is 5.75 Å². The molecule has 3 heteroatoms. The van der Waals surface area contributed by atoms with Gasteiger partial charge >= 0.3 is 0 Å². The standard InChI is InChI=1S/C16H20N2O/c1-2-10-19-16-7-5-14(6-8-16)11-18-13-15-4-3-9-17-12-15/h3-9,12,18H,2,10-11,13H2,1H3. The molecule has 0 aliphatic carbocycles. The van der Waals surface area contributed by atoms with E-state index in [-0.39, 0.29) is 0 Å². The highest BCUT2D eigenvalue weighted by Gasteiger charge is 1.96. The first kappa shape index (κ1) is 13.6. The predicted octanol–water partition coefficient (Wildman–Crippen LogP) is 3.16. The van der Waals surface area contributed by atoms with E-state index in [1.807, 2.05) is 24.4 Å². The molecule has 0 spiro atoms. The first-order valence-corrected chi connectivity index (χ1v) is 6.70. The number of ether oxygens (including phenoxy) is 1. The van der Waals surface area contributed by atoms with E-state index < -0.39 is 0 Å². The van der Waals surface area contributed by atoms with Crippen LogP contribution in [0.25, 0.3) is 0 Å². The van der Waals surface area contributed by atoms with Gasteiger partial charge in [0.2, 0.25) is 0 Å². The molecule has 1 aromatic carbocycles. The Balaban J connectivity index is 1.77. The minimum Gasteiger partial charge on any atom is -0.494 e. The van der Waals surface area contributed by atoms with Gasteiger partial charge in [-0.25, -0.2) is 0 Å². The summed E-state index contributed by atoms with van der Waals surface area (Å²) in [7, 11) is 0. The van der Waals surface area contributed by atoms with Gasteiger partial charge in [0.05, 0.1) is 6.61 Å². The largest absolute Gasteiger partial charge is 0.494 e. The Morgan fingerprint density at radius 1 is 1.05 bits per heavy atom. The first-order chi connectivity index (χ1) is 9.38. The fourth-order valence-electron chi connectivity index (χ4n) is 1.78. The van der Waals surface area contributed by atoms with Crippen LogP contribution in [0.3, 0.4) is 0 Å². The summed E-state index contributed by atoms with van der Waals surface area (Å²) in [6.07, 6.45) is 4.71. The normalized spacial score (nSPS) is 10.4. The van der Waals surface area contributed by atoms with E-state index in [1.165, 1.54) is 11.1 Å². The van der Waals surface area contributed by atoms with Crippen molar-refractivity contribution >= 4 is 0 Å². The topological polar surface area (TPSA) is 34.1 Å². The minimum absolute atomic E-state index is 0.776. The molecule has 0 fully saturated rings. The zero-order valence-corrected chi connectivity index (χ0v) is 11.3. The van der Waals surface area contributed by atoms with E-state index in [0.717, 1.165) is 31.9 Å². The lowest BCUT2D eigenvalue weighted by Crippen LogP contribution is -2.12. The SMILES string of the molecule is CCCOc1ccc(CNCc2cccnc2)cc1. The maximum Gasteiger partial charge on any atom is 0.119 e. The summed E-state index contributed by atoms with van der Waals surface area (Å²) in [6, 6.07) is 12.3. The van der Waals surface area contributed by atoms with Crippen molar-refractivity contribution in [1.82, 2.24) is 10.3 Å². The third-order valence-electron chi connectivity index (χ3n) is 2.78. The Labute approximate surface area is 114 Å². The lowest BCUT2D eigenvalue weighted by molar-refractivity contribution is 0.317. The average Bonchev–Trinajstić information content (AvgIpc) is 2.47. The van der Waals surface area contributed by atoms with E-state index in [0.29, 0.717) is 0 Å². The second-order valence-electron chi connectivity index (χ2n) is 4.46. The molecule has 3 nitrogen and oxygen atoms in total. The molecular formula is C16H20N2O. The van der Waals surface area contributed by atoms with Gasteiger partial charge < -0.3 is 10.1 Å². The Kier molecular flexibility index (Phi) is 5.38. The molecular weight excluding hydrogens is 236 g/mol. The number of nitrogens with one attached hydrogen (secondary N) is 1. The van der Waals surface area contributed by atoms with E-state index in [1.54, 1.807) is 6.20 Å². The highest BCUT2D eigenvalue weighted by molar-refractivity contribution is 5.27. The van der Waals surface area contributed by atoms with Gasteiger partial charge in [-0.05, 0) is 35.7 Å². The van der Waals surface area contributed by atoms with Crippen LogP contribution in [0.2, 0.25) is 0 Å². The van der Waals surface area contributed by atoms with E-state index in [9.17, 15) is 0 Å². The molecule has 2 aromatic rings. The Morgan fingerprint density at radius 3 is 2.53 bits per heavy atom. The molecule has 1 N–H and O–H groups in total. The van der Waals surface area contributed by atoms with Crippen molar-refractivity contribution in [2.75, 3.05) is 6.61 Å². The first-order valence-electron chi connectivity index (χ1n) is 6.70. The van der Waals surface area contributed by atoms with Crippen molar-refractivity contribution in [2.45, 2.75) is 26.4 Å². The highest BCUT2D eigenvalue weighted by atomic mass is 16.5. The van der Waals surface area contributed by atoms with Crippen molar-refractivity contribution in [3.05, 3.63) is 59.9 Å². The molecule has 1 aromatic heterocycles. The fourth-order valence-corrected chi connectivity index (χ4v) is 1.78. The lowest BCUT2D eigenvalue weighted by atomic mass is 10.2. The van der Waals surface area contributed by atoms with Gasteiger partial charge in [-0.2, -0.15) is 0 Å². The Morgan fingerprint density at radius 2 is 1.84 bits per heavy atom. The van der Waals surface area contributed by atoms with Crippen molar-refractivity contribution in [2.24, 2.45) is 0 Å². The zero-order valence-electron chi connectivity index (χ0n) is 11.3. The van der Waals surface area contributed by atoms with Crippen LogP contribution in [0.5, 0.6) is 5.75 Å². The van der Waals surface area contributed by atoms with Crippen molar-refractivity contribution in [3.63, 3.8) is 0 Å². The molecule has 0 saturated carbocycles. The smallest absolute Gasteiger partial charge is 0.119 e. The maximum atomic E-state index is 5.56. The summed E-state index contributed by atoms with van der Waals surface area (Å²) < 4.78 is 5.56. The molecule has 0 aliphatic heterocycles. The monoisotopic (exact) mass is 256 g/mol. The molecule has 1 heterocycles. The van der Waals surface area contributed by atoms with Crippen molar-refractivity contribution in [3.8, 4) is 5.75 Å². The quantitative estimate of drug-likeness (QED) is 0.826. The summed E-state index contributed by atoms with van der Waals surface area (Å²) in [5.74, 6) is 0.942. The van der Waals surface area contributed by atoms with Gasteiger partial charge in [0.25, 0.3) is 0 Å². The Bertz CT molecular complexity index is 468. The molecule has 0 amide bonds. The molecule has 0 radical (unpaired) electrons. The number of aromatic nitrogens is 1. The Hall–Kier alpha value is -1.87. The second-order valence-corrected chi connectivity index (χ2v) is 4.46. The zero-order chi connectivity index (χ0) is 13.3. The molecule has 0 atom stereocenters. The maximum absolute atomic E-state index is 5.56. The molecule has 2 rings (SSSR count). The molecule has 0 saturated heterocycles. The number of benzene rings is 1. The number of nitrogens with zero attached hydrogens (tertiary/aromatic N) is 1. The third kappa shape index (κ3) is 4.72. The van der Waals surface area contributed by atoms with Crippen LogP contribution >= 0.6 is 0 Å². The second kappa shape index (κ2) is 7.54. The summed E-state index contributed by atoms with van der Waals surface area (Å²) in [4.78, 5) is 4.09. The van der Waals surface area contributed by atoms with Crippen molar-refractivity contribution in [1.29, 1.82) is 0 Å². The van der Waals surface area contributed by atoms with Crippen molar-refractivity contribution < 1.29 is 4.74 Å². The molecule has 0 unspecified atom stereocenters. The number of hydrogen-bond acceptors (Lipinski definition) is 3. The van der Waals surface area contributed by atoms with Crippen LogP contribution in [0.4, 0.5) is 0 Å².